The summed E-state index contributed by atoms with van der Waals surface area (Å²) in [7, 11) is -2.91. The number of aromatic nitrogens is 2. The monoisotopic (exact) mass is 670 g/mol. The molecular formula is C28H33F3N6O8S. The maximum Gasteiger partial charge on any atom is 0.435 e. The molecule has 1 heterocycles. The van der Waals surface area contributed by atoms with E-state index in [0.29, 0.717) is 24.8 Å². The number of sulfonamides is 1. The van der Waals surface area contributed by atoms with Gasteiger partial charge in [-0.25, -0.2) is 22.6 Å². The largest absolute Gasteiger partial charge is 0.569 e. The number of hydrazine groups is 1. The fourth-order valence-corrected chi connectivity index (χ4v) is 4.80. The van der Waals surface area contributed by atoms with Gasteiger partial charge in [-0.3, -0.25) is 9.63 Å². The fourth-order valence-electron chi connectivity index (χ4n) is 3.91. The van der Waals surface area contributed by atoms with Gasteiger partial charge in [0.2, 0.25) is 5.28 Å². The van der Waals surface area contributed by atoms with E-state index < -0.39 is 40.2 Å². The topological polar surface area (TPSA) is 167 Å². The second-order valence-corrected chi connectivity index (χ2v) is 11.7. The minimum Gasteiger partial charge on any atom is -0.569 e. The molecule has 2 aromatic carbocycles. The summed E-state index contributed by atoms with van der Waals surface area (Å²) in [6.07, 6.45) is -5.59. The Labute approximate surface area is 262 Å². The summed E-state index contributed by atoms with van der Waals surface area (Å²) in [5.41, 5.74) is 0.585. The van der Waals surface area contributed by atoms with E-state index in [1.54, 1.807) is 29.0 Å². The normalized spacial score (nSPS) is 12.7. The van der Waals surface area contributed by atoms with Crippen molar-refractivity contribution in [2.75, 3.05) is 20.2 Å². The number of hydrogen-bond donors (Lipinski definition) is 1. The molecule has 0 aliphatic carbocycles. The Balaban J connectivity index is 1.52. The molecule has 1 amide bonds. The summed E-state index contributed by atoms with van der Waals surface area (Å²) in [6, 6.07) is 12.5. The van der Waals surface area contributed by atoms with Crippen LogP contribution in [0.15, 0.2) is 64.8 Å². The number of unbranched alkanes of at least 4 members (excludes halogenated alkanes) is 2. The highest BCUT2D eigenvalue weighted by molar-refractivity contribution is 7.90. The van der Waals surface area contributed by atoms with Gasteiger partial charge in [0.1, 0.15) is 0 Å². The van der Waals surface area contributed by atoms with Gasteiger partial charge in [0.25, 0.3) is 16.3 Å². The number of carbonyl (C=O) groups excluding carboxylic acids is 2. The van der Waals surface area contributed by atoms with Gasteiger partial charge in [-0.1, -0.05) is 29.8 Å². The van der Waals surface area contributed by atoms with Gasteiger partial charge >= 0.3 is 18.2 Å². The van der Waals surface area contributed by atoms with Crippen LogP contribution in [0, 0.1) is 12.1 Å². The van der Waals surface area contributed by atoms with Crippen LogP contribution >= 0.6 is 0 Å². The number of carbonyl (C=O) groups is 2. The number of nitrogens with zero attached hydrogens (tertiary/aromatic N) is 5. The van der Waals surface area contributed by atoms with E-state index in [0.717, 1.165) is 28.4 Å². The Morgan fingerprint density at radius 1 is 1.11 bits per heavy atom. The summed E-state index contributed by atoms with van der Waals surface area (Å²) in [5.74, 6) is -0.594. The molecule has 3 aromatic rings. The molecule has 1 unspecified atom stereocenters. The van der Waals surface area contributed by atoms with Gasteiger partial charge in [-0.15, -0.1) is 5.01 Å². The zero-order valence-corrected chi connectivity index (χ0v) is 26.2. The van der Waals surface area contributed by atoms with Gasteiger partial charge in [0.05, 0.1) is 41.4 Å². The van der Waals surface area contributed by atoms with Crippen molar-refractivity contribution in [3.63, 3.8) is 0 Å². The molecule has 0 bridgehead atoms. The summed E-state index contributed by atoms with van der Waals surface area (Å²) < 4.78 is 78.3. The quantitative estimate of drug-likeness (QED) is 0.0608. The van der Waals surface area contributed by atoms with E-state index in [9.17, 15) is 36.4 Å². The number of benzene rings is 2. The van der Waals surface area contributed by atoms with E-state index in [1.165, 1.54) is 38.0 Å². The number of aryl methyl sites for hydroxylation is 1. The third-order valence-corrected chi connectivity index (χ3v) is 7.53. The van der Waals surface area contributed by atoms with Crippen molar-refractivity contribution >= 4 is 22.1 Å². The Kier molecular flexibility index (Phi) is 11.9. The first-order valence-corrected chi connectivity index (χ1v) is 15.3. The molecule has 18 heteroatoms. The molecule has 1 aromatic heterocycles. The Morgan fingerprint density at radius 3 is 2.37 bits per heavy atom. The summed E-state index contributed by atoms with van der Waals surface area (Å²) in [5, 5.41) is 20.0. The van der Waals surface area contributed by atoms with Gasteiger partial charge < -0.3 is 14.7 Å². The molecule has 250 valence electrons. The predicted octanol–water partition coefficient (Wildman–Crippen LogP) is 5.10. The lowest BCUT2D eigenvalue weighted by Crippen LogP contribution is -2.31. The maximum absolute atomic E-state index is 13.5. The van der Waals surface area contributed by atoms with Gasteiger partial charge in [-0.05, 0) is 56.5 Å². The molecule has 0 saturated carbocycles. The first-order valence-electron chi connectivity index (χ1n) is 13.8. The number of halogens is 3. The lowest BCUT2D eigenvalue weighted by molar-refractivity contribution is -0.707. The molecule has 0 radical (unpaired) electrons. The molecule has 0 fully saturated rings. The lowest BCUT2D eigenvalue weighted by Gasteiger charge is -2.14. The van der Waals surface area contributed by atoms with Gasteiger partial charge in [0.15, 0.2) is 5.69 Å². The zero-order chi connectivity index (χ0) is 34.1. The number of alkyl halides is 3. The molecule has 0 spiro atoms. The third-order valence-electron chi connectivity index (χ3n) is 6.21. The smallest absolute Gasteiger partial charge is 0.435 e. The van der Waals surface area contributed by atoms with Crippen LogP contribution in [0.3, 0.4) is 0 Å². The van der Waals surface area contributed by atoms with Crippen LogP contribution in [0.2, 0.25) is 0 Å². The van der Waals surface area contributed by atoms with Gasteiger partial charge in [-0.2, -0.15) is 18.3 Å². The molecule has 3 rings (SSSR count). The predicted molar refractivity (Wildman–Crippen MR) is 155 cm³/mol. The van der Waals surface area contributed by atoms with E-state index in [1.807, 2.05) is 6.92 Å². The Morgan fingerprint density at radius 2 is 1.76 bits per heavy atom. The SMILES string of the molecule is CC(=O)OC(C)ON=[N+]([O-])N(C)CCCCCOC(=O)NS(=O)(=O)c1ccc(-n2nc(C(F)(F)F)cc2-c2ccc(C)cc2)cc1. The highest BCUT2D eigenvalue weighted by Crippen LogP contribution is 2.33. The van der Waals surface area contributed by atoms with E-state index in [2.05, 4.69) is 15.1 Å². The number of hydrogen-bond acceptors (Lipinski definition) is 10. The van der Waals surface area contributed by atoms with Crippen LogP contribution in [0.4, 0.5) is 18.0 Å². The molecule has 46 heavy (non-hydrogen) atoms. The molecule has 1 N–H and O–H groups in total. The van der Waals surface area contributed by atoms with Crippen molar-refractivity contribution in [2.24, 2.45) is 5.28 Å². The standard InChI is InChI=1S/C28H33F3N6O8S/c1-19-8-10-22(11-9-19)25-18-26(28(29,30)31)32-36(25)23-12-14-24(15-13-23)46(41,42)33-27(39)43-17-7-5-6-16-35(4)37(40)34-45-21(3)44-20(2)38/h8-15,18,21H,5-7,16-17H2,1-4H3,(H,33,39). The van der Waals surface area contributed by atoms with Gasteiger partial charge in [0, 0.05) is 19.4 Å². The first-order chi connectivity index (χ1) is 21.6. The van der Waals surface area contributed by atoms with Crippen molar-refractivity contribution in [3.05, 3.63) is 71.1 Å². The molecule has 1 atom stereocenters. The van der Waals surface area contributed by atoms with Crippen LogP contribution in [0.1, 0.15) is 44.4 Å². The fraction of sp³-hybridized carbons (Fsp3) is 0.393. The van der Waals surface area contributed by atoms with Crippen molar-refractivity contribution < 1.29 is 50.5 Å². The van der Waals surface area contributed by atoms with Crippen LogP contribution < -0.4 is 4.72 Å². The molecule has 0 saturated heterocycles. The van der Waals surface area contributed by atoms with Crippen LogP contribution in [-0.2, 0) is 35.3 Å². The third kappa shape index (κ3) is 10.4. The molecule has 0 aliphatic heterocycles. The van der Waals surface area contributed by atoms with Crippen molar-refractivity contribution in [1.82, 2.24) is 19.5 Å². The highest BCUT2D eigenvalue weighted by Gasteiger charge is 2.35. The minimum absolute atomic E-state index is 0.110. The second kappa shape index (κ2) is 15.4. The second-order valence-electron chi connectivity index (χ2n) is 9.98. The van der Waals surface area contributed by atoms with Crippen LogP contribution in [0.25, 0.3) is 16.9 Å². The number of ether oxygens (including phenoxy) is 2. The zero-order valence-electron chi connectivity index (χ0n) is 25.4. The van der Waals surface area contributed by atoms with Crippen LogP contribution in [-0.4, -0.2) is 66.7 Å². The number of rotatable bonds is 14. The summed E-state index contributed by atoms with van der Waals surface area (Å²) in [6.45, 7) is 4.56. The Hall–Kier alpha value is -4.87. The molecular weight excluding hydrogens is 637 g/mol. The number of nitrogens with one attached hydrogen (secondary N) is 1. The van der Waals surface area contributed by atoms with E-state index in [-0.39, 0.29) is 34.4 Å². The van der Waals surface area contributed by atoms with Crippen LogP contribution in [0.5, 0.6) is 0 Å². The maximum atomic E-state index is 13.5. The van der Waals surface area contributed by atoms with E-state index in [4.69, 9.17) is 9.57 Å². The average Bonchev–Trinajstić information content (AvgIpc) is 3.44. The minimum atomic E-state index is -4.70. The Bertz CT molecular complexity index is 1630. The number of esters is 1. The van der Waals surface area contributed by atoms with E-state index >= 15 is 0 Å². The average molecular weight is 671 g/mol. The first kappa shape index (κ1) is 35.6. The molecule has 14 nitrogen and oxygen atoms in total. The molecule has 0 aliphatic rings. The lowest BCUT2D eigenvalue weighted by atomic mass is 10.1. The summed E-state index contributed by atoms with van der Waals surface area (Å²) >= 11 is 0. The van der Waals surface area contributed by atoms with Crippen molar-refractivity contribution in [2.45, 2.75) is 57.4 Å². The van der Waals surface area contributed by atoms with Crippen molar-refractivity contribution in [3.8, 4) is 16.9 Å². The highest BCUT2D eigenvalue weighted by atomic mass is 32.2. The van der Waals surface area contributed by atoms with Crippen molar-refractivity contribution in [1.29, 1.82) is 0 Å². The summed E-state index contributed by atoms with van der Waals surface area (Å²) in [4.78, 5) is 27.5. The number of amides is 1.